The Hall–Kier alpha value is -3.75. The first-order valence-electron chi connectivity index (χ1n) is 9.27. The van der Waals surface area contributed by atoms with Crippen molar-refractivity contribution in [3.05, 3.63) is 54.1 Å². The zero-order chi connectivity index (χ0) is 21.8. The number of carbonyl (C=O) groups is 3. The molecule has 0 unspecified atom stereocenters. The van der Waals surface area contributed by atoms with Crippen LogP contribution < -0.4 is 25.1 Å². The quantitative estimate of drug-likeness (QED) is 0.449. The SMILES string of the molecule is CCCOC(=O)c1ccc(OCC(=O)NNC(=O)COc2ccccc2OC)cc1. The van der Waals surface area contributed by atoms with E-state index in [1.165, 1.54) is 7.11 Å². The van der Waals surface area contributed by atoms with E-state index in [1.807, 2.05) is 6.92 Å². The second-order valence-corrected chi connectivity index (χ2v) is 5.98. The highest BCUT2D eigenvalue weighted by Gasteiger charge is 2.10. The summed E-state index contributed by atoms with van der Waals surface area (Å²) in [5.41, 5.74) is 4.84. The van der Waals surface area contributed by atoms with Gasteiger partial charge in [-0.05, 0) is 42.8 Å². The van der Waals surface area contributed by atoms with Gasteiger partial charge in [0.15, 0.2) is 24.7 Å². The predicted molar refractivity (Wildman–Crippen MR) is 107 cm³/mol. The number of hydrazine groups is 1. The molecular weight excluding hydrogens is 392 g/mol. The largest absolute Gasteiger partial charge is 0.493 e. The van der Waals surface area contributed by atoms with Crippen molar-refractivity contribution in [1.29, 1.82) is 0 Å². The zero-order valence-electron chi connectivity index (χ0n) is 16.8. The van der Waals surface area contributed by atoms with E-state index in [-0.39, 0.29) is 13.2 Å². The first-order valence-corrected chi connectivity index (χ1v) is 9.27. The van der Waals surface area contributed by atoms with Gasteiger partial charge in [-0.25, -0.2) is 4.79 Å². The maximum atomic E-state index is 11.8. The van der Waals surface area contributed by atoms with Crippen LogP contribution in [0.25, 0.3) is 0 Å². The number of amides is 2. The van der Waals surface area contributed by atoms with Gasteiger partial charge in [0.2, 0.25) is 0 Å². The number of methoxy groups -OCH3 is 1. The summed E-state index contributed by atoms with van der Waals surface area (Å²) in [4.78, 5) is 35.3. The molecule has 160 valence electrons. The highest BCUT2D eigenvalue weighted by Crippen LogP contribution is 2.25. The van der Waals surface area contributed by atoms with Gasteiger partial charge >= 0.3 is 5.97 Å². The molecule has 2 aromatic carbocycles. The minimum absolute atomic E-state index is 0.308. The van der Waals surface area contributed by atoms with Gasteiger partial charge in [-0.1, -0.05) is 19.1 Å². The van der Waals surface area contributed by atoms with Crippen LogP contribution >= 0.6 is 0 Å². The van der Waals surface area contributed by atoms with Gasteiger partial charge in [0.05, 0.1) is 19.3 Å². The summed E-state index contributed by atoms with van der Waals surface area (Å²) in [5, 5.41) is 0. The highest BCUT2D eigenvalue weighted by molar-refractivity contribution is 5.89. The highest BCUT2D eigenvalue weighted by atomic mass is 16.5. The van der Waals surface area contributed by atoms with Crippen LogP contribution in [0.5, 0.6) is 17.2 Å². The fraction of sp³-hybridized carbons (Fsp3) is 0.286. The Labute approximate surface area is 174 Å². The molecule has 0 aromatic heterocycles. The van der Waals surface area contributed by atoms with Crippen molar-refractivity contribution in [2.24, 2.45) is 0 Å². The van der Waals surface area contributed by atoms with Crippen LogP contribution in [0.15, 0.2) is 48.5 Å². The molecule has 0 heterocycles. The molecule has 2 N–H and O–H groups in total. The number of rotatable bonds is 10. The molecule has 0 saturated heterocycles. The summed E-state index contributed by atoms with van der Waals surface area (Å²) in [5.74, 6) is -0.238. The fourth-order valence-electron chi connectivity index (χ4n) is 2.21. The number of benzene rings is 2. The van der Waals surface area contributed by atoms with Crippen LogP contribution in [0.4, 0.5) is 0 Å². The lowest BCUT2D eigenvalue weighted by atomic mass is 10.2. The third-order valence-corrected chi connectivity index (χ3v) is 3.67. The lowest BCUT2D eigenvalue weighted by Gasteiger charge is -2.11. The van der Waals surface area contributed by atoms with Crippen LogP contribution in [-0.4, -0.2) is 44.7 Å². The van der Waals surface area contributed by atoms with E-state index < -0.39 is 17.8 Å². The molecule has 0 aliphatic rings. The summed E-state index contributed by atoms with van der Waals surface area (Å²) in [7, 11) is 1.49. The molecule has 30 heavy (non-hydrogen) atoms. The number of para-hydroxylation sites is 2. The molecule has 0 spiro atoms. The number of hydrogen-bond acceptors (Lipinski definition) is 7. The van der Waals surface area contributed by atoms with Gasteiger partial charge < -0.3 is 18.9 Å². The topological polar surface area (TPSA) is 112 Å². The van der Waals surface area contributed by atoms with Gasteiger partial charge in [0, 0.05) is 0 Å². The van der Waals surface area contributed by atoms with E-state index in [2.05, 4.69) is 10.9 Å². The molecule has 0 aliphatic carbocycles. The van der Waals surface area contributed by atoms with Crippen molar-refractivity contribution < 1.29 is 33.3 Å². The van der Waals surface area contributed by atoms with Crippen molar-refractivity contribution in [1.82, 2.24) is 10.9 Å². The van der Waals surface area contributed by atoms with E-state index in [4.69, 9.17) is 18.9 Å². The average Bonchev–Trinajstić information content (AvgIpc) is 2.78. The van der Waals surface area contributed by atoms with Gasteiger partial charge in [0.25, 0.3) is 11.8 Å². The fourth-order valence-corrected chi connectivity index (χ4v) is 2.21. The molecule has 9 nitrogen and oxygen atoms in total. The lowest BCUT2D eigenvalue weighted by Crippen LogP contribution is -2.45. The lowest BCUT2D eigenvalue weighted by molar-refractivity contribution is -0.131. The van der Waals surface area contributed by atoms with E-state index in [0.29, 0.717) is 29.4 Å². The molecule has 0 saturated carbocycles. The summed E-state index contributed by atoms with van der Waals surface area (Å²) < 4.78 is 20.8. The molecular formula is C21H24N2O7. The number of nitrogens with one attached hydrogen (secondary N) is 2. The van der Waals surface area contributed by atoms with E-state index in [0.717, 1.165) is 6.42 Å². The van der Waals surface area contributed by atoms with Crippen molar-refractivity contribution >= 4 is 17.8 Å². The second-order valence-electron chi connectivity index (χ2n) is 5.98. The second kappa shape index (κ2) is 11.9. The molecule has 2 rings (SSSR count). The first kappa shape index (κ1) is 22.5. The third kappa shape index (κ3) is 7.34. The van der Waals surface area contributed by atoms with Gasteiger partial charge in [-0.15, -0.1) is 0 Å². The number of hydrogen-bond donors (Lipinski definition) is 2. The molecule has 0 bridgehead atoms. The van der Waals surface area contributed by atoms with E-state index in [9.17, 15) is 14.4 Å². The molecule has 2 amide bonds. The minimum Gasteiger partial charge on any atom is -0.493 e. The zero-order valence-corrected chi connectivity index (χ0v) is 16.8. The first-order chi connectivity index (χ1) is 14.5. The maximum Gasteiger partial charge on any atom is 0.338 e. The third-order valence-electron chi connectivity index (χ3n) is 3.67. The minimum atomic E-state index is -0.563. The van der Waals surface area contributed by atoms with Crippen LogP contribution in [0.3, 0.4) is 0 Å². The van der Waals surface area contributed by atoms with Crippen LogP contribution in [0.1, 0.15) is 23.7 Å². The monoisotopic (exact) mass is 416 g/mol. The Balaban J connectivity index is 1.69. The van der Waals surface area contributed by atoms with Crippen molar-refractivity contribution in [3.63, 3.8) is 0 Å². The molecule has 2 aromatic rings. The summed E-state index contributed by atoms with van der Waals surface area (Å²) in [6.07, 6.45) is 0.741. The predicted octanol–water partition coefficient (Wildman–Crippen LogP) is 1.87. The van der Waals surface area contributed by atoms with Gasteiger partial charge in [-0.3, -0.25) is 20.4 Å². The van der Waals surface area contributed by atoms with Crippen LogP contribution in [-0.2, 0) is 14.3 Å². The average molecular weight is 416 g/mol. The Bertz CT molecular complexity index is 853. The van der Waals surface area contributed by atoms with Gasteiger partial charge in [0.1, 0.15) is 5.75 Å². The smallest absolute Gasteiger partial charge is 0.338 e. The normalized spacial score (nSPS) is 9.93. The van der Waals surface area contributed by atoms with E-state index in [1.54, 1.807) is 48.5 Å². The Morgan fingerprint density at radius 3 is 2.03 bits per heavy atom. The van der Waals surface area contributed by atoms with E-state index >= 15 is 0 Å². The molecule has 0 fully saturated rings. The van der Waals surface area contributed by atoms with Crippen LogP contribution in [0, 0.1) is 0 Å². The van der Waals surface area contributed by atoms with Crippen molar-refractivity contribution in [3.8, 4) is 17.2 Å². The summed E-state index contributed by atoms with van der Waals surface area (Å²) in [6, 6.07) is 13.1. The summed E-state index contributed by atoms with van der Waals surface area (Å²) >= 11 is 0. The summed E-state index contributed by atoms with van der Waals surface area (Å²) in [6.45, 7) is 1.63. The number of ether oxygens (including phenoxy) is 4. The molecule has 0 radical (unpaired) electrons. The molecule has 9 heteroatoms. The van der Waals surface area contributed by atoms with Crippen molar-refractivity contribution in [2.45, 2.75) is 13.3 Å². The van der Waals surface area contributed by atoms with Gasteiger partial charge in [-0.2, -0.15) is 0 Å². The Kier molecular flexibility index (Phi) is 8.98. The Morgan fingerprint density at radius 1 is 0.833 bits per heavy atom. The maximum absolute atomic E-state index is 11.8. The molecule has 0 atom stereocenters. The standard InChI is InChI=1S/C21H24N2O7/c1-3-12-28-21(26)15-8-10-16(11-9-15)29-13-19(24)22-23-20(25)14-30-18-7-5-4-6-17(18)27-2/h4-11H,3,12-14H2,1-2H3,(H,22,24)(H,23,25). The Morgan fingerprint density at radius 2 is 1.43 bits per heavy atom. The van der Waals surface area contributed by atoms with Crippen molar-refractivity contribution in [2.75, 3.05) is 26.9 Å². The number of carbonyl (C=O) groups excluding carboxylic acids is 3. The number of esters is 1. The van der Waals surface area contributed by atoms with Crippen LogP contribution in [0.2, 0.25) is 0 Å². The molecule has 0 aliphatic heterocycles.